The molecular weight excluding hydrogens is 238 g/mol. The number of ether oxygens (including phenoxy) is 1. The minimum Gasteiger partial charge on any atom is -0.463 e. The van der Waals surface area contributed by atoms with Crippen LogP contribution in [0.15, 0.2) is 54.3 Å². The van der Waals surface area contributed by atoms with Gasteiger partial charge < -0.3 is 10.1 Å². The minimum absolute atomic E-state index is 0.259. The summed E-state index contributed by atoms with van der Waals surface area (Å²) in [7, 11) is 0. The third-order valence-corrected chi connectivity index (χ3v) is 2.68. The molecule has 0 aliphatic rings. The number of rotatable bonds is 7. The van der Waals surface area contributed by atoms with E-state index in [1.165, 1.54) is 0 Å². The van der Waals surface area contributed by atoms with Crippen molar-refractivity contribution in [1.82, 2.24) is 0 Å². The van der Waals surface area contributed by atoms with Crippen molar-refractivity contribution in [2.75, 3.05) is 11.9 Å². The molecule has 0 aromatic heterocycles. The Balaban J connectivity index is 2.88. The molecule has 0 fully saturated rings. The highest BCUT2D eigenvalue weighted by Gasteiger charge is 2.13. The van der Waals surface area contributed by atoms with Crippen LogP contribution in [0.3, 0.4) is 0 Å². The van der Waals surface area contributed by atoms with Gasteiger partial charge in [-0.05, 0) is 38.8 Å². The van der Waals surface area contributed by atoms with Crippen LogP contribution in [-0.2, 0) is 9.53 Å². The largest absolute Gasteiger partial charge is 0.463 e. The number of esters is 1. The topological polar surface area (TPSA) is 38.3 Å². The summed E-state index contributed by atoms with van der Waals surface area (Å²) >= 11 is 0. The van der Waals surface area contributed by atoms with Crippen LogP contribution in [0.1, 0.15) is 26.7 Å². The number of para-hydroxylation sites is 1. The van der Waals surface area contributed by atoms with Gasteiger partial charge >= 0.3 is 5.97 Å². The second kappa shape index (κ2) is 8.14. The molecule has 0 heterocycles. The maximum atomic E-state index is 11.9. The SMILES string of the molecule is C=CCCC(C(=O)OCC)=C(C)Nc1ccccc1. The first-order valence-electron chi connectivity index (χ1n) is 6.48. The normalized spacial score (nSPS) is 11.5. The molecule has 1 N–H and O–H groups in total. The predicted molar refractivity (Wildman–Crippen MR) is 78.8 cm³/mol. The molecule has 3 heteroatoms. The summed E-state index contributed by atoms with van der Waals surface area (Å²) < 4.78 is 5.09. The van der Waals surface area contributed by atoms with E-state index in [2.05, 4.69) is 11.9 Å². The lowest BCUT2D eigenvalue weighted by Gasteiger charge is -2.13. The van der Waals surface area contributed by atoms with Gasteiger partial charge in [0, 0.05) is 11.4 Å². The molecule has 102 valence electrons. The summed E-state index contributed by atoms with van der Waals surface area (Å²) in [5, 5.41) is 3.23. The summed E-state index contributed by atoms with van der Waals surface area (Å²) in [6.45, 7) is 7.77. The van der Waals surface area contributed by atoms with Gasteiger partial charge in [-0.25, -0.2) is 4.79 Å². The number of hydrogen-bond acceptors (Lipinski definition) is 3. The fourth-order valence-corrected chi connectivity index (χ4v) is 1.72. The highest BCUT2D eigenvalue weighted by molar-refractivity contribution is 5.89. The zero-order valence-corrected chi connectivity index (χ0v) is 11.6. The summed E-state index contributed by atoms with van der Waals surface area (Å²) in [6.07, 6.45) is 3.19. The fourth-order valence-electron chi connectivity index (χ4n) is 1.72. The molecule has 0 saturated carbocycles. The minimum atomic E-state index is -0.259. The Bertz CT molecular complexity index is 449. The van der Waals surface area contributed by atoms with E-state index in [9.17, 15) is 4.79 Å². The highest BCUT2D eigenvalue weighted by atomic mass is 16.5. The van der Waals surface area contributed by atoms with Crippen molar-refractivity contribution < 1.29 is 9.53 Å². The lowest BCUT2D eigenvalue weighted by Crippen LogP contribution is -2.12. The molecule has 0 spiro atoms. The highest BCUT2D eigenvalue weighted by Crippen LogP contribution is 2.17. The van der Waals surface area contributed by atoms with Crippen molar-refractivity contribution in [2.45, 2.75) is 26.7 Å². The number of carbonyl (C=O) groups excluding carboxylic acids is 1. The number of allylic oxidation sites excluding steroid dienone is 2. The Morgan fingerprint density at radius 3 is 2.63 bits per heavy atom. The molecule has 0 aliphatic carbocycles. The standard InChI is InChI=1S/C16H21NO2/c1-4-6-12-15(16(18)19-5-2)13(3)17-14-10-8-7-9-11-14/h4,7-11,17H,1,5-6,12H2,2-3H3. The molecule has 0 bridgehead atoms. The molecule has 0 aliphatic heterocycles. The molecular formula is C16H21NO2. The molecule has 0 amide bonds. The van der Waals surface area contributed by atoms with Crippen LogP contribution < -0.4 is 5.32 Å². The Morgan fingerprint density at radius 1 is 1.37 bits per heavy atom. The zero-order chi connectivity index (χ0) is 14.1. The van der Waals surface area contributed by atoms with E-state index in [4.69, 9.17) is 4.74 Å². The van der Waals surface area contributed by atoms with Crippen LogP contribution in [-0.4, -0.2) is 12.6 Å². The van der Waals surface area contributed by atoms with Crippen molar-refractivity contribution in [3.05, 3.63) is 54.3 Å². The van der Waals surface area contributed by atoms with Crippen LogP contribution in [0.2, 0.25) is 0 Å². The molecule has 1 aromatic carbocycles. The van der Waals surface area contributed by atoms with Crippen LogP contribution in [0.5, 0.6) is 0 Å². The van der Waals surface area contributed by atoms with E-state index in [1.54, 1.807) is 6.08 Å². The molecule has 0 radical (unpaired) electrons. The lowest BCUT2D eigenvalue weighted by molar-refractivity contribution is -0.138. The summed E-state index contributed by atoms with van der Waals surface area (Å²) in [5.41, 5.74) is 2.46. The first-order valence-corrected chi connectivity index (χ1v) is 6.48. The zero-order valence-electron chi connectivity index (χ0n) is 11.6. The number of benzene rings is 1. The molecule has 0 saturated heterocycles. The molecule has 3 nitrogen and oxygen atoms in total. The van der Waals surface area contributed by atoms with E-state index in [-0.39, 0.29) is 5.97 Å². The van der Waals surface area contributed by atoms with Gasteiger partial charge in [-0.2, -0.15) is 0 Å². The van der Waals surface area contributed by atoms with Crippen LogP contribution >= 0.6 is 0 Å². The van der Waals surface area contributed by atoms with E-state index in [0.29, 0.717) is 18.6 Å². The summed E-state index contributed by atoms with van der Waals surface area (Å²) in [6, 6.07) is 9.76. The van der Waals surface area contributed by atoms with E-state index < -0.39 is 0 Å². The van der Waals surface area contributed by atoms with Gasteiger partial charge in [-0.1, -0.05) is 24.3 Å². The van der Waals surface area contributed by atoms with Gasteiger partial charge in [-0.15, -0.1) is 6.58 Å². The van der Waals surface area contributed by atoms with Gasteiger partial charge in [0.1, 0.15) is 0 Å². The van der Waals surface area contributed by atoms with E-state index in [0.717, 1.165) is 17.8 Å². The van der Waals surface area contributed by atoms with Crippen molar-refractivity contribution in [1.29, 1.82) is 0 Å². The average Bonchev–Trinajstić information content (AvgIpc) is 2.40. The van der Waals surface area contributed by atoms with E-state index >= 15 is 0 Å². The molecule has 0 unspecified atom stereocenters. The number of anilines is 1. The number of carbonyl (C=O) groups is 1. The second-order valence-electron chi connectivity index (χ2n) is 4.14. The monoisotopic (exact) mass is 259 g/mol. The smallest absolute Gasteiger partial charge is 0.335 e. The molecule has 1 rings (SSSR count). The fraction of sp³-hybridized carbons (Fsp3) is 0.312. The molecule has 19 heavy (non-hydrogen) atoms. The van der Waals surface area contributed by atoms with Crippen LogP contribution in [0, 0.1) is 0 Å². The van der Waals surface area contributed by atoms with Gasteiger partial charge in [0.2, 0.25) is 0 Å². The van der Waals surface area contributed by atoms with E-state index in [1.807, 2.05) is 44.2 Å². The van der Waals surface area contributed by atoms with Crippen molar-refractivity contribution in [3.63, 3.8) is 0 Å². The van der Waals surface area contributed by atoms with Gasteiger partial charge in [0.25, 0.3) is 0 Å². The van der Waals surface area contributed by atoms with Crippen molar-refractivity contribution >= 4 is 11.7 Å². The van der Waals surface area contributed by atoms with Gasteiger partial charge in [0.15, 0.2) is 0 Å². The molecule has 1 aromatic rings. The quantitative estimate of drug-likeness (QED) is 0.458. The third kappa shape index (κ3) is 5.00. The Hall–Kier alpha value is -2.03. The maximum Gasteiger partial charge on any atom is 0.335 e. The third-order valence-electron chi connectivity index (χ3n) is 2.68. The first kappa shape index (κ1) is 15.0. The van der Waals surface area contributed by atoms with Gasteiger partial charge in [-0.3, -0.25) is 0 Å². The van der Waals surface area contributed by atoms with Crippen molar-refractivity contribution in [3.8, 4) is 0 Å². The average molecular weight is 259 g/mol. The number of hydrogen-bond donors (Lipinski definition) is 1. The Morgan fingerprint density at radius 2 is 2.05 bits per heavy atom. The van der Waals surface area contributed by atoms with Crippen molar-refractivity contribution in [2.24, 2.45) is 0 Å². The van der Waals surface area contributed by atoms with Gasteiger partial charge in [0.05, 0.1) is 12.2 Å². The first-order chi connectivity index (χ1) is 9.19. The predicted octanol–water partition coefficient (Wildman–Crippen LogP) is 3.90. The summed E-state index contributed by atoms with van der Waals surface area (Å²) in [5.74, 6) is -0.259. The second-order valence-corrected chi connectivity index (χ2v) is 4.14. The lowest BCUT2D eigenvalue weighted by atomic mass is 10.1. The number of nitrogens with one attached hydrogen (secondary N) is 1. The Labute approximate surface area is 115 Å². The Kier molecular flexibility index (Phi) is 6.44. The summed E-state index contributed by atoms with van der Waals surface area (Å²) in [4.78, 5) is 11.9. The van der Waals surface area contributed by atoms with Crippen LogP contribution in [0.25, 0.3) is 0 Å². The molecule has 0 atom stereocenters. The van der Waals surface area contributed by atoms with Crippen LogP contribution in [0.4, 0.5) is 5.69 Å². The maximum absolute atomic E-state index is 11.9.